The predicted octanol–water partition coefficient (Wildman–Crippen LogP) is 0.938. The summed E-state index contributed by atoms with van der Waals surface area (Å²) in [5, 5.41) is 3.46. The standard InChI is InChI=1S/C10H17NO2/c1-13-10(12)8-3-2-4-9-7(8)5-6-11-9/h7-9,11H,2-6H2,1H3/t7-,8+,9+/m0/s1. The van der Waals surface area contributed by atoms with Gasteiger partial charge in [0.25, 0.3) is 0 Å². The number of hydrogen-bond acceptors (Lipinski definition) is 3. The van der Waals surface area contributed by atoms with Gasteiger partial charge in [-0.15, -0.1) is 0 Å². The van der Waals surface area contributed by atoms with Gasteiger partial charge in [0.2, 0.25) is 0 Å². The second-order valence-corrected chi connectivity index (χ2v) is 4.07. The molecule has 1 aliphatic carbocycles. The van der Waals surface area contributed by atoms with Crippen LogP contribution in [-0.2, 0) is 9.53 Å². The first-order valence-electron chi connectivity index (χ1n) is 5.14. The van der Waals surface area contributed by atoms with Gasteiger partial charge in [-0.1, -0.05) is 6.42 Å². The largest absolute Gasteiger partial charge is 0.469 e. The van der Waals surface area contributed by atoms with Gasteiger partial charge in [0.15, 0.2) is 0 Å². The van der Waals surface area contributed by atoms with E-state index in [2.05, 4.69) is 5.32 Å². The molecule has 13 heavy (non-hydrogen) atoms. The highest BCUT2D eigenvalue weighted by Gasteiger charge is 2.40. The van der Waals surface area contributed by atoms with Crippen LogP contribution in [0.3, 0.4) is 0 Å². The molecule has 3 atom stereocenters. The fourth-order valence-corrected chi connectivity index (χ4v) is 2.80. The smallest absolute Gasteiger partial charge is 0.308 e. The monoisotopic (exact) mass is 183 g/mol. The van der Waals surface area contributed by atoms with Gasteiger partial charge in [0, 0.05) is 6.04 Å². The third kappa shape index (κ3) is 1.57. The van der Waals surface area contributed by atoms with E-state index in [1.807, 2.05) is 0 Å². The molecule has 2 rings (SSSR count). The minimum atomic E-state index is -0.00148. The Morgan fingerprint density at radius 1 is 1.38 bits per heavy atom. The average Bonchev–Trinajstić information content (AvgIpc) is 2.63. The summed E-state index contributed by atoms with van der Waals surface area (Å²) in [5.41, 5.74) is 0. The summed E-state index contributed by atoms with van der Waals surface area (Å²) in [7, 11) is 1.49. The van der Waals surface area contributed by atoms with Crippen LogP contribution in [0.5, 0.6) is 0 Å². The molecule has 1 N–H and O–H groups in total. The quantitative estimate of drug-likeness (QED) is 0.615. The molecule has 0 aromatic heterocycles. The maximum Gasteiger partial charge on any atom is 0.308 e. The number of methoxy groups -OCH3 is 1. The van der Waals surface area contributed by atoms with E-state index in [1.165, 1.54) is 13.5 Å². The van der Waals surface area contributed by atoms with Crippen molar-refractivity contribution in [2.75, 3.05) is 13.7 Å². The number of nitrogens with one attached hydrogen (secondary N) is 1. The molecule has 1 aliphatic heterocycles. The van der Waals surface area contributed by atoms with Crippen LogP contribution in [0.15, 0.2) is 0 Å². The zero-order chi connectivity index (χ0) is 9.26. The van der Waals surface area contributed by atoms with E-state index in [0.717, 1.165) is 25.8 Å². The number of esters is 1. The first kappa shape index (κ1) is 9.00. The minimum absolute atomic E-state index is 0.00148. The number of rotatable bonds is 1. The fraction of sp³-hybridized carbons (Fsp3) is 0.900. The van der Waals surface area contributed by atoms with E-state index >= 15 is 0 Å². The molecule has 1 saturated heterocycles. The number of fused-ring (bicyclic) bond motifs is 1. The molecule has 0 aromatic rings. The molecule has 0 bridgehead atoms. The van der Waals surface area contributed by atoms with Crippen LogP contribution >= 0.6 is 0 Å². The lowest BCUT2D eigenvalue weighted by Crippen LogP contribution is -2.38. The summed E-state index contributed by atoms with van der Waals surface area (Å²) in [6, 6.07) is 0.581. The van der Waals surface area contributed by atoms with E-state index in [1.54, 1.807) is 0 Å². The zero-order valence-corrected chi connectivity index (χ0v) is 8.08. The first-order chi connectivity index (χ1) is 6.33. The molecular weight excluding hydrogens is 166 g/mol. The number of carbonyl (C=O) groups is 1. The average molecular weight is 183 g/mol. The molecule has 2 fully saturated rings. The fourth-order valence-electron chi connectivity index (χ4n) is 2.80. The van der Waals surface area contributed by atoms with E-state index in [-0.39, 0.29) is 11.9 Å². The van der Waals surface area contributed by atoms with E-state index in [4.69, 9.17) is 4.74 Å². The topological polar surface area (TPSA) is 38.3 Å². The van der Waals surface area contributed by atoms with Crippen LogP contribution in [0.1, 0.15) is 25.7 Å². The highest BCUT2D eigenvalue weighted by molar-refractivity contribution is 5.73. The Bertz CT molecular complexity index is 205. The van der Waals surface area contributed by atoms with Crippen LogP contribution in [-0.4, -0.2) is 25.7 Å². The third-order valence-corrected chi connectivity index (χ3v) is 3.45. The molecule has 1 heterocycles. The van der Waals surface area contributed by atoms with Gasteiger partial charge < -0.3 is 10.1 Å². The molecule has 0 unspecified atom stereocenters. The Kier molecular flexibility index (Phi) is 2.54. The zero-order valence-electron chi connectivity index (χ0n) is 8.08. The van der Waals surface area contributed by atoms with Crippen LogP contribution in [0, 0.1) is 11.8 Å². The number of hydrogen-bond donors (Lipinski definition) is 1. The Hall–Kier alpha value is -0.570. The SMILES string of the molecule is COC(=O)[C@@H]1CCC[C@H]2NCC[C@H]21. The van der Waals surface area contributed by atoms with Gasteiger partial charge in [-0.25, -0.2) is 0 Å². The summed E-state index contributed by atoms with van der Waals surface area (Å²) >= 11 is 0. The van der Waals surface area contributed by atoms with Gasteiger partial charge >= 0.3 is 5.97 Å². The predicted molar refractivity (Wildman–Crippen MR) is 49.3 cm³/mol. The molecule has 0 aromatic carbocycles. The normalized spacial score (nSPS) is 38.4. The van der Waals surface area contributed by atoms with Gasteiger partial charge in [0.1, 0.15) is 0 Å². The van der Waals surface area contributed by atoms with Gasteiger partial charge in [0.05, 0.1) is 13.0 Å². The Labute approximate surface area is 78.8 Å². The Balaban J connectivity index is 2.05. The summed E-state index contributed by atoms with van der Waals surface area (Å²) in [6.07, 6.45) is 4.56. The molecule has 0 spiro atoms. The third-order valence-electron chi connectivity index (χ3n) is 3.45. The highest BCUT2D eigenvalue weighted by Crippen LogP contribution is 2.36. The van der Waals surface area contributed by atoms with Crippen molar-refractivity contribution in [3.05, 3.63) is 0 Å². The summed E-state index contributed by atoms with van der Waals surface area (Å²) < 4.78 is 4.83. The van der Waals surface area contributed by atoms with Crippen molar-refractivity contribution < 1.29 is 9.53 Å². The second-order valence-electron chi connectivity index (χ2n) is 4.07. The maximum absolute atomic E-state index is 11.5. The van der Waals surface area contributed by atoms with Gasteiger partial charge in [-0.3, -0.25) is 4.79 Å². The molecule has 0 amide bonds. The lowest BCUT2D eigenvalue weighted by atomic mass is 9.76. The van der Waals surface area contributed by atoms with Crippen LogP contribution < -0.4 is 5.32 Å². The summed E-state index contributed by atoms with van der Waals surface area (Å²) in [5.74, 6) is 0.707. The van der Waals surface area contributed by atoms with Crippen molar-refractivity contribution >= 4 is 5.97 Å². The summed E-state index contributed by atoms with van der Waals surface area (Å²) in [6.45, 7) is 1.07. The van der Waals surface area contributed by atoms with Crippen LogP contribution in [0.4, 0.5) is 0 Å². The second kappa shape index (κ2) is 3.66. The molecule has 0 radical (unpaired) electrons. The maximum atomic E-state index is 11.5. The van der Waals surface area contributed by atoms with E-state index < -0.39 is 0 Å². The molecule has 3 nitrogen and oxygen atoms in total. The minimum Gasteiger partial charge on any atom is -0.469 e. The van der Waals surface area contributed by atoms with Crippen LogP contribution in [0.2, 0.25) is 0 Å². The molecule has 1 saturated carbocycles. The first-order valence-corrected chi connectivity index (χ1v) is 5.14. The van der Waals surface area contributed by atoms with Gasteiger partial charge in [-0.05, 0) is 31.7 Å². The van der Waals surface area contributed by atoms with E-state index in [0.29, 0.717) is 12.0 Å². The molecule has 74 valence electrons. The van der Waals surface area contributed by atoms with Crippen molar-refractivity contribution in [3.63, 3.8) is 0 Å². The van der Waals surface area contributed by atoms with Crippen molar-refractivity contribution in [1.29, 1.82) is 0 Å². The Morgan fingerprint density at radius 2 is 2.23 bits per heavy atom. The van der Waals surface area contributed by atoms with Crippen molar-refractivity contribution in [2.24, 2.45) is 11.8 Å². The molecular formula is C10H17NO2. The van der Waals surface area contributed by atoms with E-state index in [9.17, 15) is 4.79 Å². The number of carbonyl (C=O) groups excluding carboxylic acids is 1. The molecule has 2 aliphatic rings. The summed E-state index contributed by atoms with van der Waals surface area (Å²) in [4.78, 5) is 11.5. The lowest BCUT2D eigenvalue weighted by Gasteiger charge is -2.31. The van der Waals surface area contributed by atoms with Crippen LogP contribution in [0.25, 0.3) is 0 Å². The molecule has 3 heteroatoms. The van der Waals surface area contributed by atoms with Crippen molar-refractivity contribution in [3.8, 4) is 0 Å². The Morgan fingerprint density at radius 3 is 3.00 bits per heavy atom. The highest BCUT2D eigenvalue weighted by atomic mass is 16.5. The number of ether oxygens (including phenoxy) is 1. The van der Waals surface area contributed by atoms with Gasteiger partial charge in [-0.2, -0.15) is 0 Å². The lowest BCUT2D eigenvalue weighted by molar-refractivity contribution is -0.148. The van der Waals surface area contributed by atoms with Crippen molar-refractivity contribution in [2.45, 2.75) is 31.7 Å². The van der Waals surface area contributed by atoms with Crippen molar-refractivity contribution in [1.82, 2.24) is 5.32 Å².